The molecule has 1 unspecified atom stereocenters. The van der Waals surface area contributed by atoms with Crippen LogP contribution in [0.4, 0.5) is 0 Å². The third-order valence-electron chi connectivity index (χ3n) is 4.30. The Morgan fingerprint density at radius 2 is 2.21 bits per heavy atom. The van der Waals surface area contributed by atoms with Crippen molar-refractivity contribution < 1.29 is 9.32 Å². The maximum Gasteiger partial charge on any atom is 0.257 e. The Balaban J connectivity index is 1.61. The third kappa shape index (κ3) is 2.42. The van der Waals surface area contributed by atoms with Crippen LogP contribution in [0.5, 0.6) is 0 Å². The lowest BCUT2D eigenvalue weighted by molar-refractivity contribution is 0.0490. The molecule has 1 atom stereocenters. The van der Waals surface area contributed by atoms with Gasteiger partial charge in [-0.25, -0.2) is 0 Å². The van der Waals surface area contributed by atoms with Crippen molar-refractivity contribution in [2.75, 3.05) is 26.7 Å². The molecule has 9 nitrogen and oxygen atoms in total. The van der Waals surface area contributed by atoms with E-state index in [0.717, 1.165) is 6.54 Å². The summed E-state index contributed by atoms with van der Waals surface area (Å²) < 4.78 is 6.76. The molecule has 9 heteroatoms. The second kappa shape index (κ2) is 5.68. The van der Waals surface area contributed by atoms with E-state index in [4.69, 9.17) is 4.52 Å². The van der Waals surface area contributed by atoms with E-state index in [1.165, 1.54) is 4.63 Å². The predicted octanol–water partition coefficient (Wildman–Crippen LogP) is 0.550. The van der Waals surface area contributed by atoms with Gasteiger partial charge in [0.25, 0.3) is 5.91 Å². The minimum absolute atomic E-state index is 0.0627. The number of rotatable bonds is 2. The van der Waals surface area contributed by atoms with E-state index in [1.54, 1.807) is 30.3 Å². The summed E-state index contributed by atoms with van der Waals surface area (Å²) in [7, 11) is 1.99. The van der Waals surface area contributed by atoms with E-state index < -0.39 is 0 Å². The standard InChI is InChI=1S/C15H17N7O2/c1-10-18-14(24-19-10)13-9-21(7-6-20(13)2)15(23)11-8-17-22-12(11)4-3-5-16-22/h3-5,8,13H,6-7,9H2,1-2H3. The van der Waals surface area contributed by atoms with Crippen molar-refractivity contribution in [3.05, 3.63) is 41.8 Å². The Bertz CT molecular complexity index is 887. The molecule has 1 amide bonds. The highest BCUT2D eigenvalue weighted by atomic mass is 16.5. The zero-order valence-corrected chi connectivity index (χ0v) is 13.5. The van der Waals surface area contributed by atoms with Crippen molar-refractivity contribution in [2.45, 2.75) is 13.0 Å². The summed E-state index contributed by atoms with van der Waals surface area (Å²) in [5.74, 6) is 1.07. The molecular formula is C15H17N7O2. The quantitative estimate of drug-likeness (QED) is 0.678. The van der Waals surface area contributed by atoms with Crippen LogP contribution in [-0.4, -0.2) is 67.4 Å². The van der Waals surface area contributed by atoms with Crippen LogP contribution in [0.15, 0.2) is 29.0 Å². The first-order valence-corrected chi connectivity index (χ1v) is 7.72. The number of fused-ring (bicyclic) bond motifs is 1. The van der Waals surface area contributed by atoms with Crippen LogP contribution < -0.4 is 0 Å². The van der Waals surface area contributed by atoms with Crippen LogP contribution >= 0.6 is 0 Å². The lowest BCUT2D eigenvalue weighted by Gasteiger charge is -2.37. The molecule has 1 aliphatic heterocycles. The number of carbonyl (C=O) groups excluding carboxylic acids is 1. The molecule has 1 fully saturated rings. The Kier molecular flexibility index (Phi) is 3.49. The molecule has 1 saturated heterocycles. The number of nitrogens with zero attached hydrogens (tertiary/aromatic N) is 7. The number of aryl methyl sites for hydroxylation is 1. The molecule has 3 aromatic rings. The van der Waals surface area contributed by atoms with E-state index in [2.05, 4.69) is 25.2 Å². The first-order chi connectivity index (χ1) is 11.6. The fourth-order valence-electron chi connectivity index (χ4n) is 2.94. The lowest BCUT2D eigenvalue weighted by atomic mass is 10.1. The van der Waals surface area contributed by atoms with Crippen molar-refractivity contribution in [3.63, 3.8) is 0 Å². The molecule has 24 heavy (non-hydrogen) atoms. The minimum Gasteiger partial charge on any atom is -0.338 e. The summed E-state index contributed by atoms with van der Waals surface area (Å²) in [6.45, 7) is 3.64. The van der Waals surface area contributed by atoms with Gasteiger partial charge in [0.1, 0.15) is 11.6 Å². The normalized spacial score (nSPS) is 19.1. The van der Waals surface area contributed by atoms with Crippen LogP contribution in [0.25, 0.3) is 5.52 Å². The van der Waals surface area contributed by atoms with E-state index in [9.17, 15) is 4.79 Å². The molecule has 0 spiro atoms. The Hall–Kier alpha value is -2.81. The summed E-state index contributed by atoms with van der Waals surface area (Å²) >= 11 is 0. The van der Waals surface area contributed by atoms with Gasteiger partial charge in [-0.15, -0.1) is 0 Å². The lowest BCUT2D eigenvalue weighted by Crippen LogP contribution is -2.49. The van der Waals surface area contributed by atoms with E-state index >= 15 is 0 Å². The fourth-order valence-corrected chi connectivity index (χ4v) is 2.94. The van der Waals surface area contributed by atoms with Gasteiger partial charge < -0.3 is 9.42 Å². The first kappa shape index (κ1) is 14.8. The summed E-state index contributed by atoms with van der Waals surface area (Å²) in [6.07, 6.45) is 3.20. The molecule has 124 valence electrons. The molecule has 1 aliphatic rings. The van der Waals surface area contributed by atoms with Gasteiger partial charge in [-0.1, -0.05) is 5.16 Å². The molecule has 0 saturated carbocycles. The number of hydrogen-bond acceptors (Lipinski definition) is 7. The van der Waals surface area contributed by atoms with Crippen LogP contribution in [0.1, 0.15) is 28.1 Å². The van der Waals surface area contributed by atoms with Crippen LogP contribution in [0, 0.1) is 6.92 Å². The van der Waals surface area contributed by atoms with Crippen molar-refractivity contribution in [2.24, 2.45) is 0 Å². The molecule has 4 heterocycles. The maximum absolute atomic E-state index is 12.9. The smallest absolute Gasteiger partial charge is 0.257 e. The summed E-state index contributed by atoms with van der Waals surface area (Å²) in [4.78, 5) is 21.1. The fraction of sp³-hybridized carbons (Fsp3) is 0.400. The maximum atomic E-state index is 12.9. The zero-order valence-electron chi connectivity index (χ0n) is 13.5. The van der Waals surface area contributed by atoms with Gasteiger partial charge >= 0.3 is 0 Å². The second-order valence-corrected chi connectivity index (χ2v) is 5.88. The highest BCUT2D eigenvalue weighted by Gasteiger charge is 2.33. The van der Waals surface area contributed by atoms with E-state index in [-0.39, 0.29) is 11.9 Å². The first-order valence-electron chi connectivity index (χ1n) is 7.72. The molecule has 3 aromatic heterocycles. The van der Waals surface area contributed by atoms with Crippen LogP contribution in [-0.2, 0) is 0 Å². The number of piperazine rings is 1. The molecule has 0 radical (unpaired) electrons. The Morgan fingerprint density at radius 3 is 3.00 bits per heavy atom. The Labute approximate surface area is 137 Å². The van der Waals surface area contributed by atoms with Crippen LogP contribution in [0.2, 0.25) is 0 Å². The zero-order chi connectivity index (χ0) is 16.7. The van der Waals surface area contributed by atoms with E-state index in [0.29, 0.717) is 35.9 Å². The largest absolute Gasteiger partial charge is 0.338 e. The number of likely N-dealkylation sites (N-methyl/N-ethyl adjacent to an activating group) is 1. The molecular weight excluding hydrogens is 310 g/mol. The number of hydrogen-bond donors (Lipinski definition) is 0. The topological polar surface area (TPSA) is 92.7 Å². The molecule has 4 rings (SSSR count). The predicted molar refractivity (Wildman–Crippen MR) is 83.3 cm³/mol. The van der Waals surface area contributed by atoms with Crippen molar-refractivity contribution in [3.8, 4) is 0 Å². The van der Waals surface area contributed by atoms with Gasteiger partial charge in [-0.2, -0.15) is 19.8 Å². The average molecular weight is 327 g/mol. The van der Waals surface area contributed by atoms with E-state index in [1.807, 2.05) is 13.1 Å². The average Bonchev–Trinajstić information content (AvgIpc) is 3.21. The second-order valence-electron chi connectivity index (χ2n) is 5.88. The van der Waals surface area contributed by atoms with Gasteiger partial charge in [0, 0.05) is 25.8 Å². The number of amides is 1. The summed E-state index contributed by atoms with van der Waals surface area (Å²) in [5, 5.41) is 12.1. The van der Waals surface area contributed by atoms with Gasteiger partial charge in [0.15, 0.2) is 5.82 Å². The van der Waals surface area contributed by atoms with Gasteiger partial charge in [0.05, 0.1) is 11.8 Å². The minimum atomic E-state index is -0.108. The highest BCUT2D eigenvalue weighted by molar-refractivity contribution is 6.00. The van der Waals surface area contributed by atoms with Crippen LogP contribution in [0.3, 0.4) is 0 Å². The molecule has 0 aliphatic carbocycles. The van der Waals surface area contributed by atoms with Crippen molar-refractivity contribution in [1.82, 2.24) is 34.8 Å². The van der Waals surface area contributed by atoms with Gasteiger partial charge in [-0.05, 0) is 26.1 Å². The molecule has 0 aromatic carbocycles. The third-order valence-corrected chi connectivity index (χ3v) is 4.30. The highest BCUT2D eigenvalue weighted by Crippen LogP contribution is 2.24. The monoisotopic (exact) mass is 327 g/mol. The molecule has 0 bridgehead atoms. The summed E-state index contributed by atoms with van der Waals surface area (Å²) in [5.41, 5.74) is 1.25. The summed E-state index contributed by atoms with van der Waals surface area (Å²) in [6, 6.07) is 3.52. The van der Waals surface area contributed by atoms with Crippen molar-refractivity contribution >= 4 is 11.4 Å². The Morgan fingerprint density at radius 1 is 1.33 bits per heavy atom. The number of aromatic nitrogens is 5. The number of carbonyl (C=O) groups is 1. The molecule has 0 N–H and O–H groups in total. The van der Waals surface area contributed by atoms with Gasteiger partial charge in [0.2, 0.25) is 5.89 Å². The van der Waals surface area contributed by atoms with Crippen molar-refractivity contribution in [1.29, 1.82) is 0 Å². The van der Waals surface area contributed by atoms with Gasteiger partial charge in [-0.3, -0.25) is 9.69 Å². The SMILES string of the molecule is Cc1noc(C2CN(C(=O)c3cnn4ncccc34)CCN2C)n1.